The smallest absolute Gasteiger partial charge is 0.261 e. The second-order valence-electron chi connectivity index (χ2n) is 6.78. The van der Waals surface area contributed by atoms with Gasteiger partial charge in [-0.25, -0.2) is 13.2 Å². The summed E-state index contributed by atoms with van der Waals surface area (Å²) in [5.74, 6) is 1.39. The van der Waals surface area contributed by atoms with E-state index in [1.165, 1.54) is 22.0 Å². The van der Waals surface area contributed by atoms with Gasteiger partial charge in [0.1, 0.15) is 14.9 Å². The van der Waals surface area contributed by atoms with E-state index in [-0.39, 0.29) is 19.4 Å². The molecule has 1 aromatic rings. The molecule has 0 fully saturated rings. The van der Waals surface area contributed by atoms with Crippen LogP contribution in [0.5, 0.6) is 0 Å². The lowest BCUT2D eigenvalue weighted by Gasteiger charge is -2.16. The summed E-state index contributed by atoms with van der Waals surface area (Å²) in [6.07, 6.45) is 0.999. The molecule has 0 bridgehead atoms. The lowest BCUT2D eigenvalue weighted by molar-refractivity contribution is 0.601. The van der Waals surface area contributed by atoms with E-state index in [1.54, 1.807) is 11.8 Å². The van der Waals surface area contributed by atoms with Crippen LogP contribution >= 0.6 is 57.6 Å². The van der Waals surface area contributed by atoms with Crippen LogP contribution in [0.4, 0.5) is 5.82 Å². The zero-order chi connectivity index (χ0) is 21.5. The normalized spacial score (nSPS) is 12.2. The molecule has 0 aromatic carbocycles. The highest BCUT2D eigenvalue weighted by Gasteiger charge is 2.28. The molecule has 2 aliphatic heterocycles. The van der Waals surface area contributed by atoms with Crippen LogP contribution in [0.2, 0.25) is 8.67 Å². The summed E-state index contributed by atoms with van der Waals surface area (Å²) in [5, 5.41) is 0. The first kappa shape index (κ1) is 22.9. The molecular formula is C17H19Cl2N3O3S4. The van der Waals surface area contributed by atoms with Crippen molar-refractivity contribution in [3.8, 4) is 5.69 Å². The summed E-state index contributed by atoms with van der Waals surface area (Å²) >= 11 is 16.0. The van der Waals surface area contributed by atoms with Gasteiger partial charge >= 0.3 is 5.69 Å². The van der Waals surface area contributed by atoms with Gasteiger partial charge in [-0.15, -0.1) is 34.4 Å². The molecule has 0 amide bonds. The van der Waals surface area contributed by atoms with Gasteiger partial charge in [0.2, 0.25) is 0 Å². The number of hydrogen-bond donors (Lipinski definition) is 1. The first-order valence-corrected chi connectivity index (χ1v) is 13.5. The van der Waals surface area contributed by atoms with Crippen LogP contribution in [0.1, 0.15) is 30.8 Å². The quantitative estimate of drug-likeness (QED) is 0.414. The van der Waals surface area contributed by atoms with Crippen LogP contribution in [-0.2, 0) is 10.0 Å². The van der Waals surface area contributed by atoms with E-state index in [0.717, 1.165) is 38.3 Å². The van der Waals surface area contributed by atoms with Gasteiger partial charge < -0.3 is 0 Å². The third-order valence-electron chi connectivity index (χ3n) is 4.21. The third kappa shape index (κ3) is 4.77. The molecule has 0 unspecified atom stereocenters. The molecule has 0 atom stereocenters. The Bertz CT molecular complexity index is 1180. The van der Waals surface area contributed by atoms with Gasteiger partial charge in [-0.3, -0.25) is 9.29 Å². The highest BCUT2D eigenvalue weighted by atomic mass is 35.5. The van der Waals surface area contributed by atoms with Crippen LogP contribution in [0.25, 0.3) is 5.69 Å². The maximum Gasteiger partial charge on any atom is 0.354 e. The lowest BCUT2D eigenvalue weighted by Crippen LogP contribution is -2.17. The third-order valence-corrected chi connectivity index (χ3v) is 9.78. The van der Waals surface area contributed by atoms with Crippen molar-refractivity contribution in [1.82, 2.24) is 9.55 Å². The molecule has 158 valence electrons. The van der Waals surface area contributed by atoms with Gasteiger partial charge in [-0.2, -0.15) is 4.98 Å². The Hall–Kier alpha value is -0.780. The minimum Gasteiger partial charge on any atom is -0.261 e. The van der Waals surface area contributed by atoms with E-state index in [1.807, 2.05) is 13.8 Å². The van der Waals surface area contributed by atoms with E-state index in [9.17, 15) is 13.2 Å². The molecule has 2 aliphatic rings. The van der Waals surface area contributed by atoms with E-state index in [2.05, 4.69) is 23.6 Å². The average molecular weight is 513 g/mol. The van der Waals surface area contributed by atoms with Crippen molar-refractivity contribution in [2.24, 2.45) is 5.92 Å². The molecule has 0 aliphatic carbocycles. The van der Waals surface area contributed by atoms with Gasteiger partial charge in [0.05, 0.1) is 8.55 Å². The van der Waals surface area contributed by atoms with E-state index in [0.29, 0.717) is 11.6 Å². The van der Waals surface area contributed by atoms with Gasteiger partial charge in [0.15, 0.2) is 5.82 Å². The number of sulfonamides is 1. The first-order valence-electron chi connectivity index (χ1n) is 8.64. The number of fused-ring (bicyclic) bond motifs is 1. The predicted octanol–water partition coefficient (Wildman–Crippen LogP) is 5.66. The van der Waals surface area contributed by atoms with E-state index < -0.39 is 15.7 Å². The van der Waals surface area contributed by atoms with Crippen molar-refractivity contribution >= 4 is 73.5 Å². The number of nitrogens with one attached hydrogen (secondary N) is 1. The van der Waals surface area contributed by atoms with Crippen LogP contribution in [0.15, 0.2) is 20.0 Å². The van der Waals surface area contributed by atoms with Gasteiger partial charge in [-0.05, 0) is 38.0 Å². The Kier molecular flexibility index (Phi) is 6.92. The average Bonchev–Trinajstić information content (AvgIpc) is 3.11. The number of aromatic nitrogens is 2. The van der Waals surface area contributed by atoms with Crippen LogP contribution in [0, 0.1) is 19.8 Å². The predicted molar refractivity (Wildman–Crippen MR) is 124 cm³/mol. The number of imidazole rings is 1. The first-order chi connectivity index (χ1) is 13.5. The summed E-state index contributed by atoms with van der Waals surface area (Å²) in [4.78, 5) is 17.4. The highest BCUT2D eigenvalue weighted by molar-refractivity contribution is 8.01. The minimum atomic E-state index is -4.05. The molecule has 29 heavy (non-hydrogen) atoms. The summed E-state index contributed by atoms with van der Waals surface area (Å²) in [5.41, 5.74) is 0.682. The molecule has 1 N–H and O–H groups in total. The summed E-state index contributed by atoms with van der Waals surface area (Å²) < 4.78 is 30.8. The molecule has 0 saturated heterocycles. The Morgan fingerprint density at radius 2 is 1.97 bits per heavy atom. The number of anilines is 1. The topological polar surface area (TPSA) is 81.1 Å². The van der Waals surface area contributed by atoms with Crippen molar-refractivity contribution in [2.45, 2.75) is 43.2 Å². The van der Waals surface area contributed by atoms with Gasteiger partial charge in [0.25, 0.3) is 10.0 Å². The minimum absolute atomic E-state index is 0.000198. The van der Waals surface area contributed by atoms with Crippen LogP contribution in [0.3, 0.4) is 0 Å². The van der Waals surface area contributed by atoms with E-state index in [4.69, 9.17) is 23.2 Å². The Balaban J connectivity index is 2.09. The highest BCUT2D eigenvalue weighted by Crippen LogP contribution is 2.40. The van der Waals surface area contributed by atoms with Crippen molar-refractivity contribution in [3.05, 3.63) is 35.8 Å². The zero-order valence-electron chi connectivity index (χ0n) is 16.1. The molecule has 12 heteroatoms. The molecule has 3 rings (SSSR count). The maximum absolute atomic E-state index is 12.9. The zero-order valence-corrected chi connectivity index (χ0v) is 20.9. The fraction of sp³-hybridized carbons (Fsp3) is 0.412. The van der Waals surface area contributed by atoms with Crippen molar-refractivity contribution in [2.75, 3.05) is 10.5 Å². The second-order valence-corrected chi connectivity index (χ2v) is 13.3. The number of thioether (sulfide) groups is 1. The molecular weight excluding hydrogens is 493 g/mol. The van der Waals surface area contributed by atoms with Crippen LogP contribution < -0.4 is 10.4 Å². The SMILES string of the molecule is Cc1sc(SCCC(C)C)c2c(NS(=O)(=O)c3cc(Cl)sc3Cl)nc(=O)n-2c1C. The fourth-order valence-corrected chi connectivity index (χ4v) is 8.49. The second kappa shape index (κ2) is 8.76. The van der Waals surface area contributed by atoms with Gasteiger partial charge in [0, 0.05) is 10.6 Å². The monoisotopic (exact) mass is 511 g/mol. The lowest BCUT2D eigenvalue weighted by atomic mass is 10.2. The fourth-order valence-electron chi connectivity index (χ4n) is 2.56. The van der Waals surface area contributed by atoms with Gasteiger partial charge in [-0.1, -0.05) is 37.0 Å². The van der Waals surface area contributed by atoms with Crippen LogP contribution in [-0.4, -0.2) is 23.7 Å². The summed E-state index contributed by atoms with van der Waals surface area (Å²) in [6, 6.07) is 1.28. The maximum atomic E-state index is 12.9. The molecule has 3 heterocycles. The summed E-state index contributed by atoms with van der Waals surface area (Å²) in [6.45, 7) is 8.04. The Labute approximate surface area is 191 Å². The number of aryl methyl sites for hydroxylation is 1. The molecule has 0 radical (unpaired) electrons. The van der Waals surface area contributed by atoms with Crippen molar-refractivity contribution in [3.63, 3.8) is 0 Å². The number of halogens is 2. The molecule has 0 saturated carbocycles. The molecule has 0 spiro atoms. The number of nitrogens with zero attached hydrogens (tertiary/aromatic N) is 2. The van der Waals surface area contributed by atoms with Crippen molar-refractivity contribution in [1.29, 1.82) is 0 Å². The number of hydrogen-bond acceptors (Lipinski definition) is 7. The van der Waals surface area contributed by atoms with Crippen molar-refractivity contribution < 1.29 is 8.42 Å². The summed E-state index contributed by atoms with van der Waals surface area (Å²) in [7, 11) is -4.05. The Morgan fingerprint density at radius 3 is 2.55 bits per heavy atom. The number of rotatable bonds is 7. The molecule has 6 nitrogen and oxygen atoms in total. The standard InChI is InChI=1S/C17H19Cl2N3O3S4/c1-8(2)5-6-26-16-13-15(20-17(23)22(13)9(3)10(4)27-16)21-29(24,25)11-7-12(18)28-14(11)19/h7-8H,5-6H2,1-4H3,(H,20,21,23). The largest absolute Gasteiger partial charge is 0.354 e. The van der Waals surface area contributed by atoms with E-state index >= 15 is 0 Å². The number of thiophene rings is 1. The molecule has 1 aromatic heterocycles. The Morgan fingerprint density at radius 1 is 1.28 bits per heavy atom.